The lowest BCUT2D eigenvalue weighted by molar-refractivity contribution is 0.0651. The van der Waals surface area contributed by atoms with E-state index in [1.807, 2.05) is 6.07 Å². The van der Waals surface area contributed by atoms with Crippen molar-refractivity contribution in [3.8, 4) is 0 Å². The van der Waals surface area contributed by atoms with Crippen LogP contribution in [0.3, 0.4) is 0 Å². The van der Waals surface area contributed by atoms with Crippen molar-refractivity contribution in [2.75, 3.05) is 26.4 Å². The van der Waals surface area contributed by atoms with Gasteiger partial charge in [-0.15, -0.1) is 11.3 Å². The normalized spacial score (nSPS) is 19.8. The third kappa shape index (κ3) is 3.86. The molecule has 1 unspecified atom stereocenters. The molecule has 3 nitrogen and oxygen atoms in total. The molecule has 6 heteroatoms. The maximum Gasteiger partial charge on any atom is 0.190 e. The Balaban J connectivity index is 1.78. The Hall–Kier alpha value is 0.250. The van der Waals surface area contributed by atoms with Gasteiger partial charge in [0.15, 0.2) is 5.78 Å². The summed E-state index contributed by atoms with van der Waals surface area (Å²) in [6.07, 6.45) is 1.03. The minimum atomic E-state index is 0.0118. The van der Waals surface area contributed by atoms with Crippen molar-refractivity contribution >= 4 is 49.0 Å². The first kappa shape index (κ1) is 13.7. The molecule has 1 fully saturated rings. The minimum Gasteiger partial charge on any atom is -0.381 e. The predicted molar refractivity (Wildman–Crippen MR) is 73.8 cm³/mol. The van der Waals surface area contributed by atoms with Gasteiger partial charge in [0.2, 0.25) is 0 Å². The first-order chi connectivity index (χ1) is 8.16. The number of carbonyl (C=O) groups excluding carboxylic acids is 1. The quantitative estimate of drug-likeness (QED) is 0.730. The summed E-state index contributed by atoms with van der Waals surface area (Å²) in [6, 6.07) is 1.82. The number of hydrogen-bond acceptors (Lipinski definition) is 4. The van der Waals surface area contributed by atoms with Crippen molar-refractivity contribution in [1.29, 1.82) is 0 Å². The maximum absolute atomic E-state index is 11.9. The lowest BCUT2D eigenvalue weighted by atomic mass is 10.1. The van der Waals surface area contributed by atoms with Gasteiger partial charge in [-0.05, 0) is 44.3 Å². The lowest BCUT2D eigenvalue weighted by Crippen LogP contribution is -2.15. The van der Waals surface area contributed by atoms with Crippen LogP contribution >= 0.6 is 43.2 Å². The molecule has 0 radical (unpaired) electrons. The van der Waals surface area contributed by atoms with Crippen molar-refractivity contribution in [1.82, 2.24) is 0 Å². The first-order valence-corrected chi connectivity index (χ1v) is 7.70. The summed E-state index contributed by atoms with van der Waals surface area (Å²) in [5.74, 6) is 0.457. The Morgan fingerprint density at radius 3 is 3.00 bits per heavy atom. The Kier molecular flexibility index (Phi) is 5.17. The second kappa shape index (κ2) is 6.43. The third-order valence-electron chi connectivity index (χ3n) is 2.57. The van der Waals surface area contributed by atoms with Crippen molar-refractivity contribution in [3.05, 3.63) is 19.2 Å². The summed E-state index contributed by atoms with van der Waals surface area (Å²) in [5, 5.41) is 0. The van der Waals surface area contributed by atoms with Crippen LogP contribution in [-0.4, -0.2) is 32.2 Å². The van der Waals surface area contributed by atoms with Crippen molar-refractivity contribution in [2.24, 2.45) is 5.92 Å². The molecule has 0 saturated carbocycles. The SMILES string of the molecule is O=C(COCC1CCOC1)c1cc(Br)sc1Br. The van der Waals surface area contributed by atoms with E-state index in [9.17, 15) is 4.79 Å². The van der Waals surface area contributed by atoms with Crippen LogP contribution in [0.5, 0.6) is 0 Å². The summed E-state index contributed by atoms with van der Waals surface area (Å²) in [5.41, 5.74) is 0.685. The average molecular weight is 384 g/mol. The molecule has 1 aliphatic heterocycles. The molecule has 1 aromatic rings. The van der Waals surface area contributed by atoms with Gasteiger partial charge in [-0.3, -0.25) is 4.79 Å². The predicted octanol–water partition coefficient (Wildman–Crippen LogP) is 3.51. The molecule has 0 bridgehead atoms. The Morgan fingerprint density at radius 1 is 1.59 bits per heavy atom. The number of Topliss-reactive ketones (excluding diaryl/α,β-unsaturated/α-hetero) is 1. The fourth-order valence-electron chi connectivity index (χ4n) is 1.64. The van der Waals surface area contributed by atoms with Gasteiger partial charge in [0, 0.05) is 18.1 Å². The van der Waals surface area contributed by atoms with E-state index in [0.29, 0.717) is 18.1 Å². The molecule has 0 aromatic carbocycles. The Bertz CT molecular complexity index is 399. The topological polar surface area (TPSA) is 35.5 Å². The third-order valence-corrected chi connectivity index (χ3v) is 4.91. The molecule has 94 valence electrons. The largest absolute Gasteiger partial charge is 0.381 e. The van der Waals surface area contributed by atoms with Gasteiger partial charge in [-0.2, -0.15) is 0 Å². The minimum absolute atomic E-state index is 0.0118. The number of thiophene rings is 1. The molecule has 2 heterocycles. The summed E-state index contributed by atoms with van der Waals surface area (Å²) >= 11 is 8.21. The maximum atomic E-state index is 11.9. The van der Waals surface area contributed by atoms with Gasteiger partial charge >= 0.3 is 0 Å². The summed E-state index contributed by atoms with van der Waals surface area (Å²) < 4.78 is 12.5. The zero-order valence-electron chi connectivity index (χ0n) is 9.08. The molecule has 17 heavy (non-hydrogen) atoms. The van der Waals surface area contributed by atoms with E-state index in [2.05, 4.69) is 31.9 Å². The Morgan fingerprint density at radius 2 is 2.41 bits per heavy atom. The van der Waals surface area contributed by atoms with E-state index >= 15 is 0 Å². The van der Waals surface area contributed by atoms with E-state index in [0.717, 1.165) is 27.2 Å². The molecule has 0 N–H and O–H groups in total. The van der Waals surface area contributed by atoms with Crippen LogP contribution in [0, 0.1) is 5.92 Å². The van der Waals surface area contributed by atoms with Crippen LogP contribution in [0.15, 0.2) is 13.6 Å². The fourth-order valence-corrected chi connectivity index (χ4v) is 4.50. The van der Waals surface area contributed by atoms with Crippen LogP contribution in [0.1, 0.15) is 16.8 Å². The van der Waals surface area contributed by atoms with Crippen LogP contribution in [-0.2, 0) is 9.47 Å². The van der Waals surface area contributed by atoms with E-state index in [1.54, 1.807) is 0 Å². The number of rotatable bonds is 5. The molecular weight excluding hydrogens is 372 g/mol. The van der Waals surface area contributed by atoms with Crippen LogP contribution < -0.4 is 0 Å². The molecule has 1 aromatic heterocycles. The molecule has 1 saturated heterocycles. The molecule has 2 rings (SSSR count). The van der Waals surface area contributed by atoms with Crippen LogP contribution in [0.4, 0.5) is 0 Å². The van der Waals surface area contributed by atoms with E-state index < -0.39 is 0 Å². The van der Waals surface area contributed by atoms with E-state index in [-0.39, 0.29) is 12.4 Å². The fraction of sp³-hybridized carbons (Fsp3) is 0.545. The lowest BCUT2D eigenvalue weighted by Gasteiger charge is -2.07. The summed E-state index contributed by atoms with van der Waals surface area (Å²) in [7, 11) is 0. The molecule has 1 atom stereocenters. The number of carbonyl (C=O) groups is 1. The first-order valence-electron chi connectivity index (χ1n) is 5.30. The van der Waals surface area contributed by atoms with Gasteiger partial charge in [-0.1, -0.05) is 0 Å². The molecule has 0 spiro atoms. The highest BCUT2D eigenvalue weighted by atomic mass is 79.9. The summed E-state index contributed by atoms with van der Waals surface area (Å²) in [6.45, 7) is 2.31. The summed E-state index contributed by atoms with van der Waals surface area (Å²) in [4.78, 5) is 11.9. The van der Waals surface area contributed by atoms with Gasteiger partial charge in [0.25, 0.3) is 0 Å². The van der Waals surface area contributed by atoms with E-state index in [1.165, 1.54) is 11.3 Å². The highest BCUT2D eigenvalue weighted by Gasteiger charge is 2.18. The second-order valence-corrected chi connectivity index (χ2v) is 7.66. The van der Waals surface area contributed by atoms with Gasteiger partial charge in [-0.25, -0.2) is 0 Å². The van der Waals surface area contributed by atoms with Crippen molar-refractivity contribution in [3.63, 3.8) is 0 Å². The van der Waals surface area contributed by atoms with Gasteiger partial charge < -0.3 is 9.47 Å². The Labute approximate surface area is 121 Å². The monoisotopic (exact) mass is 382 g/mol. The zero-order chi connectivity index (χ0) is 12.3. The average Bonchev–Trinajstić information content (AvgIpc) is 2.88. The standard InChI is InChI=1S/C11H12Br2O3S/c12-10-3-8(11(13)17-10)9(14)6-16-5-7-1-2-15-4-7/h3,7H,1-2,4-6H2. The second-order valence-electron chi connectivity index (χ2n) is 3.91. The molecular formula is C11H12Br2O3S. The highest BCUT2D eigenvalue weighted by Crippen LogP contribution is 2.32. The van der Waals surface area contributed by atoms with E-state index in [4.69, 9.17) is 9.47 Å². The van der Waals surface area contributed by atoms with Crippen molar-refractivity contribution < 1.29 is 14.3 Å². The number of hydrogen-bond donors (Lipinski definition) is 0. The van der Waals surface area contributed by atoms with Gasteiger partial charge in [0.05, 0.1) is 20.8 Å². The zero-order valence-corrected chi connectivity index (χ0v) is 13.1. The number of ether oxygens (including phenoxy) is 2. The smallest absolute Gasteiger partial charge is 0.190 e. The molecule has 0 aliphatic carbocycles. The highest BCUT2D eigenvalue weighted by molar-refractivity contribution is 9.12. The van der Waals surface area contributed by atoms with Gasteiger partial charge in [0.1, 0.15) is 6.61 Å². The number of halogens is 2. The van der Waals surface area contributed by atoms with Crippen LogP contribution in [0.2, 0.25) is 0 Å². The van der Waals surface area contributed by atoms with Crippen molar-refractivity contribution in [2.45, 2.75) is 6.42 Å². The molecule has 0 amide bonds. The molecule has 1 aliphatic rings. The van der Waals surface area contributed by atoms with Crippen LogP contribution in [0.25, 0.3) is 0 Å². The number of ketones is 1.